The molecule has 0 aliphatic rings. The van der Waals surface area contributed by atoms with Gasteiger partial charge in [-0.25, -0.2) is 0 Å². The maximum Gasteiger partial charge on any atom is 0.276 e. The molecule has 1 amide bonds. The summed E-state index contributed by atoms with van der Waals surface area (Å²) in [4.78, 5) is 11.8. The number of hydrazine groups is 1. The van der Waals surface area contributed by atoms with E-state index >= 15 is 0 Å². The predicted octanol–water partition coefficient (Wildman–Crippen LogP) is 3.74. The fourth-order valence-electron chi connectivity index (χ4n) is 1.93. The molecule has 4 nitrogen and oxygen atoms in total. The Labute approximate surface area is 144 Å². The van der Waals surface area contributed by atoms with Crippen LogP contribution in [0.2, 0.25) is 0 Å². The highest BCUT2D eigenvalue weighted by Crippen LogP contribution is 2.21. The van der Waals surface area contributed by atoms with Crippen LogP contribution in [0.4, 0.5) is 0 Å². The molecule has 23 heavy (non-hydrogen) atoms. The molecule has 0 heterocycles. The monoisotopic (exact) mass is 374 g/mol. The molecule has 0 saturated heterocycles. The summed E-state index contributed by atoms with van der Waals surface area (Å²) in [6.07, 6.45) is 0. The van der Waals surface area contributed by atoms with Gasteiger partial charge in [0.2, 0.25) is 0 Å². The average molecular weight is 375 g/mol. The van der Waals surface area contributed by atoms with E-state index in [1.807, 2.05) is 56.3 Å². The van der Waals surface area contributed by atoms with E-state index in [1.54, 1.807) is 0 Å². The Balaban J connectivity index is 1.81. The summed E-state index contributed by atoms with van der Waals surface area (Å²) in [5.41, 5.74) is 9.04. The van der Waals surface area contributed by atoms with Crippen LogP contribution in [0.3, 0.4) is 0 Å². The molecule has 0 fully saturated rings. The molecular formula is C18H19BrN2O2. The van der Waals surface area contributed by atoms with E-state index in [2.05, 4.69) is 33.4 Å². The molecular weight excluding hydrogens is 356 g/mol. The van der Waals surface area contributed by atoms with E-state index in [9.17, 15) is 4.79 Å². The second kappa shape index (κ2) is 7.83. The Morgan fingerprint density at radius 1 is 1.13 bits per heavy atom. The number of amides is 1. The van der Waals surface area contributed by atoms with Crippen LogP contribution in [0, 0.1) is 13.8 Å². The van der Waals surface area contributed by atoms with E-state index < -0.39 is 0 Å². The number of carbonyl (C=O) groups excluding carboxylic acids is 1. The van der Waals surface area contributed by atoms with Gasteiger partial charge in [-0.05, 0) is 43.2 Å². The molecule has 5 heteroatoms. The number of hydrogen-bond acceptors (Lipinski definition) is 3. The highest BCUT2D eigenvalue weighted by atomic mass is 79.9. The lowest BCUT2D eigenvalue weighted by atomic mass is 10.1. The smallest absolute Gasteiger partial charge is 0.276 e. The van der Waals surface area contributed by atoms with E-state index in [1.165, 1.54) is 5.56 Å². The second-order valence-corrected chi connectivity index (χ2v) is 6.13. The Morgan fingerprint density at radius 2 is 1.83 bits per heavy atom. The minimum Gasteiger partial charge on any atom is -0.483 e. The van der Waals surface area contributed by atoms with Crippen molar-refractivity contribution in [2.45, 2.75) is 13.8 Å². The first-order chi connectivity index (χ1) is 11.0. The van der Waals surface area contributed by atoms with Gasteiger partial charge in [-0.3, -0.25) is 15.6 Å². The van der Waals surface area contributed by atoms with Gasteiger partial charge in [-0.1, -0.05) is 52.3 Å². The van der Waals surface area contributed by atoms with Gasteiger partial charge in [0.25, 0.3) is 5.91 Å². The number of nitrogens with one attached hydrogen (secondary N) is 2. The van der Waals surface area contributed by atoms with Crippen LogP contribution in [0.1, 0.15) is 16.7 Å². The molecule has 2 aromatic carbocycles. The van der Waals surface area contributed by atoms with Crippen LogP contribution in [0.5, 0.6) is 5.75 Å². The summed E-state index contributed by atoms with van der Waals surface area (Å²) in [5, 5.41) is 0. The summed E-state index contributed by atoms with van der Waals surface area (Å²) < 4.78 is 6.48. The molecule has 2 rings (SSSR count). The fraction of sp³-hybridized carbons (Fsp3) is 0.167. The molecule has 0 spiro atoms. The lowest BCUT2D eigenvalue weighted by Gasteiger charge is -2.13. The number of benzene rings is 2. The summed E-state index contributed by atoms with van der Waals surface area (Å²) in [7, 11) is 0. The van der Waals surface area contributed by atoms with Crippen molar-refractivity contribution in [3.05, 3.63) is 70.2 Å². The number of halogens is 1. The van der Waals surface area contributed by atoms with Crippen LogP contribution >= 0.6 is 15.9 Å². The minimum atomic E-state index is -0.277. The molecule has 0 saturated carbocycles. The van der Waals surface area contributed by atoms with Gasteiger partial charge in [-0.15, -0.1) is 0 Å². The number of aryl methyl sites for hydroxylation is 2. The molecule has 0 radical (unpaired) electrons. The summed E-state index contributed by atoms with van der Waals surface area (Å²) in [6, 6.07) is 13.5. The third kappa shape index (κ3) is 5.14. The Morgan fingerprint density at radius 3 is 2.48 bits per heavy atom. The largest absolute Gasteiger partial charge is 0.483 e. The highest BCUT2D eigenvalue weighted by Gasteiger charge is 2.06. The Kier molecular flexibility index (Phi) is 5.82. The topological polar surface area (TPSA) is 50.4 Å². The van der Waals surface area contributed by atoms with Crippen molar-refractivity contribution in [3.63, 3.8) is 0 Å². The van der Waals surface area contributed by atoms with E-state index in [0.29, 0.717) is 11.4 Å². The van der Waals surface area contributed by atoms with E-state index in [4.69, 9.17) is 4.74 Å². The number of ether oxygens (including phenoxy) is 1. The van der Waals surface area contributed by atoms with Gasteiger partial charge in [0.05, 0.1) is 5.70 Å². The zero-order valence-electron chi connectivity index (χ0n) is 13.2. The third-order valence-corrected chi connectivity index (χ3v) is 3.74. The molecule has 2 aromatic rings. The van der Waals surface area contributed by atoms with Gasteiger partial charge in [0.1, 0.15) is 5.75 Å². The lowest BCUT2D eigenvalue weighted by molar-refractivity contribution is -0.123. The van der Waals surface area contributed by atoms with Crippen molar-refractivity contribution in [3.8, 4) is 5.75 Å². The van der Waals surface area contributed by atoms with Gasteiger partial charge < -0.3 is 4.74 Å². The minimum absolute atomic E-state index is 0.0728. The van der Waals surface area contributed by atoms with Gasteiger partial charge in [0, 0.05) is 4.47 Å². The summed E-state index contributed by atoms with van der Waals surface area (Å²) in [5.74, 6) is 0.404. The Hall–Kier alpha value is -2.27. The summed E-state index contributed by atoms with van der Waals surface area (Å²) >= 11 is 3.39. The molecule has 0 unspecified atom stereocenters. The first kappa shape index (κ1) is 17.1. The quantitative estimate of drug-likeness (QED) is 0.757. The number of carbonyl (C=O) groups is 1. The first-order valence-electron chi connectivity index (χ1n) is 7.15. The lowest BCUT2D eigenvalue weighted by Crippen LogP contribution is -2.39. The first-order valence-corrected chi connectivity index (χ1v) is 7.95. The maximum atomic E-state index is 11.8. The summed E-state index contributed by atoms with van der Waals surface area (Å²) in [6.45, 7) is 7.77. The third-order valence-electron chi connectivity index (χ3n) is 3.25. The standard InChI is InChI=1S/C18H19BrN2O2/c1-12-4-6-15(7-5-12)14(3)20-21-18(22)11-23-17-9-8-16(19)10-13(17)2/h4-10,20H,3,11H2,1-2H3,(H,21,22). The molecule has 0 bridgehead atoms. The molecule has 0 aromatic heterocycles. The number of hydrogen-bond donors (Lipinski definition) is 2. The van der Waals surface area contributed by atoms with E-state index in [0.717, 1.165) is 15.6 Å². The predicted molar refractivity (Wildman–Crippen MR) is 95.9 cm³/mol. The fourth-order valence-corrected chi connectivity index (χ4v) is 2.40. The Bertz CT molecular complexity index is 711. The van der Waals surface area contributed by atoms with Crippen molar-refractivity contribution in [1.82, 2.24) is 10.9 Å². The molecule has 0 aliphatic heterocycles. The zero-order valence-corrected chi connectivity index (χ0v) is 14.7. The normalized spacial score (nSPS) is 10.0. The second-order valence-electron chi connectivity index (χ2n) is 5.22. The van der Waals surface area contributed by atoms with Crippen LogP contribution in [0.15, 0.2) is 53.5 Å². The average Bonchev–Trinajstić information content (AvgIpc) is 2.52. The van der Waals surface area contributed by atoms with Crippen molar-refractivity contribution in [2.75, 3.05) is 6.61 Å². The molecule has 2 N–H and O–H groups in total. The van der Waals surface area contributed by atoms with Crippen molar-refractivity contribution >= 4 is 27.5 Å². The highest BCUT2D eigenvalue weighted by molar-refractivity contribution is 9.10. The van der Waals surface area contributed by atoms with Crippen LogP contribution in [0.25, 0.3) is 5.70 Å². The zero-order chi connectivity index (χ0) is 16.8. The molecule has 0 atom stereocenters. The van der Waals surface area contributed by atoms with Crippen LogP contribution in [-0.4, -0.2) is 12.5 Å². The SMILES string of the molecule is C=C(NNC(=O)COc1ccc(Br)cc1C)c1ccc(C)cc1. The van der Waals surface area contributed by atoms with Gasteiger partial charge in [-0.2, -0.15) is 0 Å². The van der Waals surface area contributed by atoms with Crippen LogP contribution in [-0.2, 0) is 4.79 Å². The van der Waals surface area contributed by atoms with Crippen molar-refractivity contribution in [1.29, 1.82) is 0 Å². The van der Waals surface area contributed by atoms with Gasteiger partial charge in [0.15, 0.2) is 6.61 Å². The van der Waals surface area contributed by atoms with E-state index in [-0.39, 0.29) is 12.5 Å². The van der Waals surface area contributed by atoms with Gasteiger partial charge >= 0.3 is 0 Å². The van der Waals surface area contributed by atoms with Crippen LogP contribution < -0.4 is 15.6 Å². The van der Waals surface area contributed by atoms with Crippen molar-refractivity contribution < 1.29 is 9.53 Å². The van der Waals surface area contributed by atoms with Crippen molar-refractivity contribution in [2.24, 2.45) is 0 Å². The maximum absolute atomic E-state index is 11.8. The molecule has 120 valence electrons. The number of rotatable bonds is 6. The molecule has 0 aliphatic carbocycles.